The van der Waals surface area contributed by atoms with E-state index >= 15 is 0 Å². The number of sulfonamides is 1. The van der Waals surface area contributed by atoms with E-state index in [0.717, 1.165) is 12.0 Å². The van der Waals surface area contributed by atoms with Gasteiger partial charge in [-0.1, -0.05) is 12.1 Å². The van der Waals surface area contributed by atoms with E-state index < -0.39 is 10.0 Å². The molecule has 0 radical (unpaired) electrons. The van der Waals surface area contributed by atoms with E-state index in [1.54, 1.807) is 30.6 Å². The summed E-state index contributed by atoms with van der Waals surface area (Å²) in [5.41, 5.74) is 1.66. The van der Waals surface area contributed by atoms with Crippen LogP contribution in [0.1, 0.15) is 5.56 Å². The molecule has 1 heterocycles. The molecule has 0 bridgehead atoms. The topological polar surface area (TPSA) is 85.1 Å². The molecule has 0 fully saturated rings. The molecule has 0 atom stereocenters. The number of para-hydroxylation sites is 1. The fraction of sp³-hybridized carbons (Fsp3) is 0.154. The summed E-state index contributed by atoms with van der Waals surface area (Å²) in [4.78, 5) is 4.06. The van der Waals surface area contributed by atoms with Gasteiger partial charge in [0, 0.05) is 18.9 Å². The molecule has 2 rings (SSSR count). The van der Waals surface area contributed by atoms with E-state index in [1.165, 1.54) is 6.07 Å². The van der Waals surface area contributed by atoms with Gasteiger partial charge >= 0.3 is 0 Å². The maximum atomic E-state index is 11.4. The second-order valence-corrected chi connectivity index (χ2v) is 5.60. The molecular formula is C13H15N3O2S. The van der Waals surface area contributed by atoms with Crippen LogP contribution in [0.4, 0.5) is 5.69 Å². The smallest absolute Gasteiger partial charge is 0.240 e. The first kappa shape index (κ1) is 13.5. The number of anilines is 1. The van der Waals surface area contributed by atoms with E-state index in [4.69, 9.17) is 5.14 Å². The number of rotatable bonds is 5. The van der Waals surface area contributed by atoms with Gasteiger partial charge in [-0.3, -0.25) is 4.98 Å². The van der Waals surface area contributed by atoms with Gasteiger partial charge in [-0.25, -0.2) is 13.6 Å². The van der Waals surface area contributed by atoms with Crippen LogP contribution in [0.2, 0.25) is 0 Å². The van der Waals surface area contributed by atoms with Crippen LogP contribution in [0.15, 0.2) is 53.7 Å². The van der Waals surface area contributed by atoms with Gasteiger partial charge in [-0.15, -0.1) is 0 Å². The van der Waals surface area contributed by atoms with Gasteiger partial charge in [-0.05, 0) is 36.2 Å². The molecule has 0 spiro atoms. The minimum Gasteiger partial charge on any atom is -0.384 e. The summed E-state index contributed by atoms with van der Waals surface area (Å²) in [6, 6.07) is 10.5. The molecule has 0 saturated carbocycles. The van der Waals surface area contributed by atoms with Crippen molar-refractivity contribution in [2.24, 2.45) is 5.14 Å². The van der Waals surface area contributed by atoms with Crippen molar-refractivity contribution in [3.8, 4) is 0 Å². The maximum Gasteiger partial charge on any atom is 0.240 e. The molecule has 0 aliphatic carbocycles. The third-order valence-electron chi connectivity index (χ3n) is 2.67. The maximum absolute atomic E-state index is 11.4. The fourth-order valence-corrected chi connectivity index (χ4v) is 2.47. The van der Waals surface area contributed by atoms with Crippen molar-refractivity contribution in [1.82, 2.24) is 4.98 Å². The van der Waals surface area contributed by atoms with Gasteiger partial charge in [0.25, 0.3) is 0 Å². The summed E-state index contributed by atoms with van der Waals surface area (Å²) in [6.45, 7) is 0.622. The number of primary sulfonamides is 1. The second-order valence-electron chi connectivity index (χ2n) is 4.07. The Hall–Kier alpha value is -1.92. The summed E-state index contributed by atoms with van der Waals surface area (Å²) >= 11 is 0. The number of nitrogens with zero attached hydrogens (tertiary/aromatic N) is 1. The second kappa shape index (κ2) is 5.81. The molecule has 0 amide bonds. The average molecular weight is 277 g/mol. The Morgan fingerprint density at radius 1 is 1.11 bits per heavy atom. The van der Waals surface area contributed by atoms with Gasteiger partial charge in [0.2, 0.25) is 10.0 Å². The molecule has 5 nitrogen and oxygen atoms in total. The van der Waals surface area contributed by atoms with Crippen LogP contribution in [0.3, 0.4) is 0 Å². The van der Waals surface area contributed by atoms with Crippen LogP contribution >= 0.6 is 0 Å². The van der Waals surface area contributed by atoms with Crippen molar-refractivity contribution < 1.29 is 8.42 Å². The van der Waals surface area contributed by atoms with E-state index in [1.807, 2.05) is 12.1 Å². The van der Waals surface area contributed by atoms with Crippen LogP contribution in [0.25, 0.3) is 0 Å². The van der Waals surface area contributed by atoms with Gasteiger partial charge in [0.15, 0.2) is 0 Å². The zero-order valence-electron chi connectivity index (χ0n) is 10.3. The SMILES string of the molecule is NS(=O)(=O)c1ccccc1NCCc1ccncc1. The number of benzene rings is 1. The standard InChI is InChI=1S/C13H15N3O2S/c14-19(17,18)13-4-2-1-3-12(13)16-10-7-11-5-8-15-9-6-11/h1-6,8-9,16H,7,10H2,(H2,14,17,18). The van der Waals surface area contributed by atoms with Crippen LogP contribution in [-0.2, 0) is 16.4 Å². The van der Waals surface area contributed by atoms with Crippen molar-refractivity contribution in [1.29, 1.82) is 0 Å². The first-order valence-electron chi connectivity index (χ1n) is 5.82. The molecule has 0 aliphatic heterocycles. The summed E-state index contributed by atoms with van der Waals surface area (Å²) in [5.74, 6) is 0. The Morgan fingerprint density at radius 2 is 1.79 bits per heavy atom. The molecule has 100 valence electrons. The lowest BCUT2D eigenvalue weighted by molar-refractivity contribution is 0.598. The zero-order valence-corrected chi connectivity index (χ0v) is 11.1. The summed E-state index contributed by atoms with van der Waals surface area (Å²) in [7, 11) is -3.70. The molecule has 1 aromatic carbocycles. The normalized spacial score (nSPS) is 11.2. The van der Waals surface area contributed by atoms with E-state index in [9.17, 15) is 8.42 Å². The average Bonchev–Trinajstić information content (AvgIpc) is 2.39. The van der Waals surface area contributed by atoms with Crippen molar-refractivity contribution in [2.45, 2.75) is 11.3 Å². The molecule has 0 unspecified atom stereocenters. The van der Waals surface area contributed by atoms with Crippen molar-refractivity contribution in [3.63, 3.8) is 0 Å². The quantitative estimate of drug-likeness (QED) is 0.864. The van der Waals surface area contributed by atoms with E-state index in [-0.39, 0.29) is 4.90 Å². The highest BCUT2D eigenvalue weighted by Gasteiger charge is 2.12. The summed E-state index contributed by atoms with van der Waals surface area (Å²) in [6.07, 6.45) is 4.24. The van der Waals surface area contributed by atoms with Crippen LogP contribution in [0.5, 0.6) is 0 Å². The van der Waals surface area contributed by atoms with E-state index in [0.29, 0.717) is 12.2 Å². The molecular weight excluding hydrogens is 262 g/mol. The number of hydrogen-bond acceptors (Lipinski definition) is 4. The minimum absolute atomic E-state index is 0.115. The lowest BCUT2D eigenvalue weighted by atomic mass is 10.2. The summed E-state index contributed by atoms with van der Waals surface area (Å²) < 4.78 is 22.8. The molecule has 6 heteroatoms. The molecule has 3 N–H and O–H groups in total. The zero-order chi connectivity index (χ0) is 13.7. The number of nitrogens with one attached hydrogen (secondary N) is 1. The fourth-order valence-electron chi connectivity index (χ4n) is 1.75. The first-order chi connectivity index (χ1) is 9.07. The molecule has 2 aromatic rings. The number of aromatic nitrogens is 1. The lowest BCUT2D eigenvalue weighted by Gasteiger charge is -2.10. The molecule has 0 aliphatic rings. The van der Waals surface area contributed by atoms with Gasteiger partial charge in [0.1, 0.15) is 4.90 Å². The minimum atomic E-state index is -3.70. The first-order valence-corrected chi connectivity index (χ1v) is 7.36. The third-order valence-corrected chi connectivity index (χ3v) is 3.64. The van der Waals surface area contributed by atoms with Gasteiger partial charge < -0.3 is 5.32 Å². The third kappa shape index (κ3) is 3.77. The number of pyridine rings is 1. The predicted octanol–water partition coefficient (Wildman–Crippen LogP) is 1.38. The van der Waals surface area contributed by atoms with Crippen LogP contribution in [0, 0.1) is 0 Å². The van der Waals surface area contributed by atoms with Crippen molar-refractivity contribution >= 4 is 15.7 Å². The van der Waals surface area contributed by atoms with Crippen molar-refractivity contribution in [3.05, 3.63) is 54.4 Å². The van der Waals surface area contributed by atoms with Crippen LogP contribution < -0.4 is 10.5 Å². The molecule has 1 aromatic heterocycles. The molecule has 0 saturated heterocycles. The Bertz CT molecular complexity index is 642. The highest BCUT2D eigenvalue weighted by Crippen LogP contribution is 2.19. The Morgan fingerprint density at radius 3 is 2.47 bits per heavy atom. The van der Waals surface area contributed by atoms with Crippen LogP contribution in [-0.4, -0.2) is 19.9 Å². The van der Waals surface area contributed by atoms with E-state index in [2.05, 4.69) is 10.3 Å². The Balaban J connectivity index is 2.05. The Labute approximate surface area is 112 Å². The van der Waals surface area contributed by atoms with Crippen molar-refractivity contribution in [2.75, 3.05) is 11.9 Å². The number of nitrogens with two attached hydrogens (primary N) is 1. The Kier molecular flexibility index (Phi) is 4.13. The highest BCUT2D eigenvalue weighted by atomic mass is 32.2. The largest absolute Gasteiger partial charge is 0.384 e. The van der Waals surface area contributed by atoms with Gasteiger partial charge in [0.05, 0.1) is 5.69 Å². The number of hydrogen-bond donors (Lipinski definition) is 2. The van der Waals surface area contributed by atoms with Gasteiger partial charge in [-0.2, -0.15) is 0 Å². The monoisotopic (exact) mass is 277 g/mol. The lowest BCUT2D eigenvalue weighted by Crippen LogP contribution is -2.15. The molecule has 19 heavy (non-hydrogen) atoms. The highest BCUT2D eigenvalue weighted by molar-refractivity contribution is 7.89. The summed E-state index contributed by atoms with van der Waals surface area (Å²) in [5, 5.41) is 8.25. The predicted molar refractivity (Wildman–Crippen MR) is 74.2 cm³/mol.